The number of carbonyl (C=O) groups excluding carboxylic acids is 1. The SMILES string of the molecule is CC(=O)Nc1cc(-c2cccc(N3CCC(O)CC3)n2)nc(-n2nc(C)cc2C)n1.O=C(O)C(F)(F)F. The highest BCUT2D eigenvalue weighted by Crippen LogP contribution is 2.24. The zero-order chi connectivity index (χ0) is 27.3. The molecule has 1 amide bonds. The molecule has 1 fully saturated rings. The van der Waals surface area contributed by atoms with E-state index >= 15 is 0 Å². The van der Waals surface area contributed by atoms with Gasteiger partial charge in [-0.1, -0.05) is 6.07 Å². The molecule has 3 N–H and O–H groups in total. The molecule has 0 atom stereocenters. The molecule has 0 radical (unpaired) electrons. The van der Waals surface area contributed by atoms with Gasteiger partial charge in [0.1, 0.15) is 11.6 Å². The smallest absolute Gasteiger partial charge is 0.475 e. The predicted molar refractivity (Wildman–Crippen MR) is 127 cm³/mol. The Kier molecular flexibility index (Phi) is 8.42. The van der Waals surface area contributed by atoms with Crippen molar-refractivity contribution in [1.29, 1.82) is 0 Å². The van der Waals surface area contributed by atoms with E-state index in [0.717, 1.165) is 43.1 Å². The first kappa shape index (κ1) is 27.5. The molecule has 1 aliphatic rings. The summed E-state index contributed by atoms with van der Waals surface area (Å²) < 4.78 is 33.4. The van der Waals surface area contributed by atoms with Crippen molar-refractivity contribution in [1.82, 2.24) is 24.7 Å². The van der Waals surface area contributed by atoms with Gasteiger partial charge in [-0.05, 0) is 44.9 Å². The van der Waals surface area contributed by atoms with Crippen LogP contribution in [0.3, 0.4) is 0 Å². The number of hydrogen-bond acceptors (Lipinski definition) is 8. The zero-order valence-corrected chi connectivity index (χ0v) is 20.3. The van der Waals surface area contributed by atoms with Gasteiger partial charge < -0.3 is 20.4 Å². The number of carboxylic acids is 1. The summed E-state index contributed by atoms with van der Waals surface area (Å²) in [7, 11) is 0. The molecule has 0 aliphatic carbocycles. The van der Waals surface area contributed by atoms with Crippen molar-refractivity contribution in [2.75, 3.05) is 23.3 Å². The van der Waals surface area contributed by atoms with Gasteiger partial charge in [-0.2, -0.15) is 23.3 Å². The number of aliphatic hydroxyl groups excluding tert-OH is 1. The number of halogens is 3. The van der Waals surface area contributed by atoms with Crippen molar-refractivity contribution in [3.05, 3.63) is 41.7 Å². The minimum absolute atomic E-state index is 0.215. The maximum atomic E-state index is 11.6. The van der Waals surface area contributed by atoms with Gasteiger partial charge in [0.2, 0.25) is 5.91 Å². The highest BCUT2D eigenvalue weighted by Gasteiger charge is 2.38. The minimum Gasteiger partial charge on any atom is -0.475 e. The van der Waals surface area contributed by atoms with Gasteiger partial charge in [0.05, 0.1) is 23.2 Å². The lowest BCUT2D eigenvalue weighted by atomic mass is 10.1. The number of nitrogens with zero attached hydrogens (tertiary/aromatic N) is 6. The maximum Gasteiger partial charge on any atom is 0.490 e. The topological polar surface area (TPSA) is 146 Å². The van der Waals surface area contributed by atoms with E-state index in [1.165, 1.54) is 6.92 Å². The van der Waals surface area contributed by atoms with Crippen LogP contribution in [0.5, 0.6) is 0 Å². The number of pyridine rings is 1. The molecule has 0 saturated carbocycles. The van der Waals surface area contributed by atoms with Crippen LogP contribution in [0.25, 0.3) is 17.3 Å². The van der Waals surface area contributed by atoms with E-state index in [2.05, 4.69) is 25.3 Å². The highest BCUT2D eigenvalue weighted by molar-refractivity contribution is 5.88. The third-order valence-electron chi connectivity index (χ3n) is 5.25. The number of carbonyl (C=O) groups is 2. The fourth-order valence-corrected chi connectivity index (χ4v) is 3.57. The number of aryl methyl sites for hydroxylation is 2. The normalized spacial score (nSPS) is 14.1. The summed E-state index contributed by atoms with van der Waals surface area (Å²) in [6.07, 6.45) is -3.86. The number of aliphatic hydroxyl groups is 1. The van der Waals surface area contributed by atoms with Gasteiger partial charge in [0.25, 0.3) is 5.95 Å². The monoisotopic (exact) mass is 521 g/mol. The number of piperidine rings is 1. The van der Waals surface area contributed by atoms with Gasteiger partial charge >= 0.3 is 12.1 Å². The van der Waals surface area contributed by atoms with Crippen LogP contribution < -0.4 is 10.2 Å². The lowest BCUT2D eigenvalue weighted by Gasteiger charge is -2.30. The zero-order valence-electron chi connectivity index (χ0n) is 20.3. The van der Waals surface area contributed by atoms with Crippen LogP contribution in [0.15, 0.2) is 30.3 Å². The molecule has 4 heterocycles. The number of aromatic nitrogens is 5. The van der Waals surface area contributed by atoms with Gasteiger partial charge in [0, 0.05) is 31.8 Å². The van der Waals surface area contributed by atoms with Crippen LogP contribution in [0.4, 0.5) is 24.8 Å². The van der Waals surface area contributed by atoms with E-state index in [-0.39, 0.29) is 12.0 Å². The summed E-state index contributed by atoms with van der Waals surface area (Å²) in [5, 5.41) is 24.1. The lowest BCUT2D eigenvalue weighted by molar-refractivity contribution is -0.192. The second-order valence-corrected chi connectivity index (χ2v) is 8.36. The molecule has 0 spiro atoms. The van der Waals surface area contributed by atoms with Gasteiger partial charge in [-0.25, -0.2) is 19.4 Å². The maximum absolute atomic E-state index is 11.6. The highest BCUT2D eigenvalue weighted by atomic mass is 19.4. The summed E-state index contributed by atoms with van der Waals surface area (Å²) in [6.45, 7) is 6.79. The van der Waals surface area contributed by atoms with Crippen LogP contribution in [0, 0.1) is 13.8 Å². The summed E-state index contributed by atoms with van der Waals surface area (Å²) in [4.78, 5) is 36.6. The Morgan fingerprint density at radius 1 is 1.05 bits per heavy atom. The van der Waals surface area contributed by atoms with Gasteiger partial charge in [0.15, 0.2) is 0 Å². The largest absolute Gasteiger partial charge is 0.490 e. The Labute approximate surface area is 210 Å². The molecule has 14 heteroatoms. The van der Waals surface area contributed by atoms with E-state index in [9.17, 15) is 23.1 Å². The number of anilines is 2. The molecule has 198 valence electrons. The molecule has 3 aromatic heterocycles. The molecule has 0 unspecified atom stereocenters. The van der Waals surface area contributed by atoms with E-state index in [1.54, 1.807) is 10.7 Å². The fraction of sp³-hybridized carbons (Fsp3) is 0.391. The quantitative estimate of drug-likeness (QED) is 0.472. The Bertz CT molecular complexity index is 1270. The Morgan fingerprint density at radius 2 is 1.70 bits per heavy atom. The number of aliphatic carboxylic acids is 1. The third kappa shape index (κ3) is 7.46. The van der Waals surface area contributed by atoms with Crippen LogP contribution in [0.1, 0.15) is 31.2 Å². The van der Waals surface area contributed by atoms with E-state index < -0.39 is 12.1 Å². The molecular formula is C23H26F3N7O4. The number of amides is 1. The number of nitrogens with one attached hydrogen (secondary N) is 1. The molecule has 37 heavy (non-hydrogen) atoms. The molecule has 0 aromatic carbocycles. The van der Waals surface area contributed by atoms with Crippen molar-refractivity contribution in [3.63, 3.8) is 0 Å². The van der Waals surface area contributed by atoms with Crippen molar-refractivity contribution >= 4 is 23.5 Å². The standard InChI is InChI=1S/C21H25N7O2.C2HF3O2/c1-13-11-14(2)28(26-13)21-24-18(12-19(25-21)22-15(3)29)17-5-4-6-20(23-17)27-9-7-16(30)8-10-27;3-2(4,5)1(6)7/h4-6,11-12,16,30H,7-10H2,1-3H3,(H,22,24,25,29);(H,6,7). The van der Waals surface area contributed by atoms with Crippen molar-refractivity contribution in [2.45, 2.75) is 45.9 Å². The molecular weight excluding hydrogens is 495 g/mol. The first-order chi connectivity index (χ1) is 17.3. The second kappa shape index (κ2) is 11.3. The average Bonchev–Trinajstić information content (AvgIpc) is 3.16. The fourth-order valence-electron chi connectivity index (χ4n) is 3.57. The molecule has 11 nitrogen and oxygen atoms in total. The van der Waals surface area contributed by atoms with E-state index in [0.29, 0.717) is 23.2 Å². The van der Waals surface area contributed by atoms with Crippen molar-refractivity contribution in [3.8, 4) is 17.3 Å². The molecule has 1 saturated heterocycles. The van der Waals surface area contributed by atoms with E-state index in [4.69, 9.17) is 14.9 Å². The average molecular weight is 522 g/mol. The molecule has 3 aromatic rings. The second-order valence-electron chi connectivity index (χ2n) is 8.36. The van der Waals surface area contributed by atoms with Crippen molar-refractivity contribution in [2.24, 2.45) is 0 Å². The number of alkyl halides is 3. The molecule has 4 rings (SSSR count). The Hall–Kier alpha value is -4.07. The summed E-state index contributed by atoms with van der Waals surface area (Å²) in [5.41, 5.74) is 3.02. The van der Waals surface area contributed by atoms with Crippen LogP contribution in [-0.2, 0) is 9.59 Å². The van der Waals surface area contributed by atoms with Gasteiger partial charge in [-0.15, -0.1) is 0 Å². The minimum atomic E-state index is -5.08. The molecule has 0 bridgehead atoms. The first-order valence-electron chi connectivity index (χ1n) is 11.2. The summed E-state index contributed by atoms with van der Waals surface area (Å²) in [5.74, 6) is -1.37. The van der Waals surface area contributed by atoms with E-state index in [1.807, 2.05) is 38.1 Å². The third-order valence-corrected chi connectivity index (χ3v) is 5.25. The Balaban J connectivity index is 0.000000479. The first-order valence-corrected chi connectivity index (χ1v) is 11.2. The predicted octanol–water partition coefficient (Wildman–Crippen LogP) is 2.89. The summed E-state index contributed by atoms with van der Waals surface area (Å²) in [6, 6.07) is 9.43. The number of hydrogen-bond donors (Lipinski definition) is 3. The van der Waals surface area contributed by atoms with Crippen LogP contribution >= 0.6 is 0 Å². The number of carboxylic acid groups (broad SMARTS) is 1. The van der Waals surface area contributed by atoms with Crippen LogP contribution in [-0.4, -0.2) is 72.2 Å². The Morgan fingerprint density at radius 3 is 2.24 bits per heavy atom. The van der Waals surface area contributed by atoms with Crippen LogP contribution in [0.2, 0.25) is 0 Å². The van der Waals surface area contributed by atoms with Gasteiger partial charge in [-0.3, -0.25) is 4.79 Å². The summed E-state index contributed by atoms with van der Waals surface area (Å²) >= 11 is 0. The number of rotatable bonds is 4. The lowest BCUT2D eigenvalue weighted by Crippen LogP contribution is -2.36. The molecule has 1 aliphatic heterocycles. The van der Waals surface area contributed by atoms with Crippen molar-refractivity contribution < 1.29 is 33.0 Å².